The number of fused-ring (bicyclic) bond motifs is 1. The first kappa shape index (κ1) is 22.0. The van der Waals surface area contributed by atoms with Crippen LogP contribution in [0.3, 0.4) is 0 Å². The lowest BCUT2D eigenvalue weighted by atomic mass is 10.1. The van der Waals surface area contributed by atoms with E-state index in [4.69, 9.17) is 4.74 Å². The van der Waals surface area contributed by atoms with E-state index in [0.29, 0.717) is 34.2 Å². The van der Waals surface area contributed by atoms with Gasteiger partial charge in [-0.25, -0.2) is 4.99 Å². The quantitative estimate of drug-likeness (QED) is 0.559. The van der Waals surface area contributed by atoms with E-state index < -0.39 is 18.3 Å². The molecule has 2 aliphatic rings. The molecule has 1 aliphatic heterocycles. The summed E-state index contributed by atoms with van der Waals surface area (Å²) >= 11 is 0. The van der Waals surface area contributed by atoms with Crippen LogP contribution in [0, 0.1) is 5.92 Å². The molecule has 0 spiro atoms. The molecule has 12 heteroatoms. The van der Waals surface area contributed by atoms with Crippen molar-refractivity contribution >= 4 is 28.6 Å². The van der Waals surface area contributed by atoms with E-state index in [1.807, 2.05) is 0 Å². The maximum atomic E-state index is 13.4. The Kier molecular flexibility index (Phi) is 5.29. The van der Waals surface area contributed by atoms with E-state index in [1.54, 1.807) is 31.3 Å². The third kappa shape index (κ3) is 4.22. The van der Waals surface area contributed by atoms with E-state index in [9.17, 15) is 18.0 Å². The number of Topliss-reactive ketones (excluding diaryl/α,β-unsaturated/α-hetero) is 1. The number of ketones is 1. The van der Waals surface area contributed by atoms with E-state index in [0.717, 1.165) is 12.8 Å². The first-order chi connectivity index (χ1) is 16.2. The standard InChI is InChI=1S/C22H20F3N7O2/c1-32-30-21(29-31-32)13-4-3-5-14(20(13)34-2)27-15-8-12(9-17(33)11-6-7-11)26-16-10-18(22(23,24)25)28-19(15)16/h3-5,8,11H,6-7,9-10H2,1-2H3,(H,26,27). The van der Waals surface area contributed by atoms with Crippen molar-refractivity contribution < 1.29 is 22.7 Å². The highest BCUT2D eigenvalue weighted by molar-refractivity contribution is 6.00. The zero-order chi connectivity index (χ0) is 24.0. The molecular weight excluding hydrogens is 451 g/mol. The van der Waals surface area contributed by atoms with Gasteiger partial charge in [0.05, 0.1) is 42.5 Å². The van der Waals surface area contributed by atoms with Crippen LogP contribution in [0.25, 0.3) is 11.4 Å². The fraction of sp³-hybridized carbons (Fsp3) is 0.364. The Balaban J connectivity index is 1.56. The van der Waals surface area contributed by atoms with E-state index in [-0.39, 0.29) is 29.5 Å². The number of aromatic nitrogens is 5. The summed E-state index contributed by atoms with van der Waals surface area (Å²) < 4.78 is 45.8. The van der Waals surface area contributed by atoms with Crippen LogP contribution < -0.4 is 10.1 Å². The second-order valence-electron chi connectivity index (χ2n) is 8.22. The molecule has 1 saturated carbocycles. The first-order valence-corrected chi connectivity index (χ1v) is 10.6. The molecule has 0 saturated heterocycles. The number of aryl methyl sites for hydroxylation is 1. The van der Waals surface area contributed by atoms with Gasteiger partial charge in [0.1, 0.15) is 17.2 Å². The van der Waals surface area contributed by atoms with Crippen molar-refractivity contribution in [3.63, 3.8) is 0 Å². The van der Waals surface area contributed by atoms with Gasteiger partial charge in [-0.3, -0.25) is 9.78 Å². The summed E-state index contributed by atoms with van der Waals surface area (Å²) in [6, 6.07) is 6.77. The number of rotatable bonds is 7. The number of methoxy groups -OCH3 is 1. The van der Waals surface area contributed by atoms with Gasteiger partial charge in [0.2, 0.25) is 5.82 Å². The van der Waals surface area contributed by atoms with Gasteiger partial charge in [-0.15, -0.1) is 10.2 Å². The number of anilines is 2. The number of carbonyl (C=O) groups excluding carboxylic acids is 1. The predicted molar refractivity (Wildman–Crippen MR) is 117 cm³/mol. The molecule has 1 aliphatic carbocycles. The van der Waals surface area contributed by atoms with Gasteiger partial charge in [-0.2, -0.15) is 18.0 Å². The van der Waals surface area contributed by atoms with Crippen molar-refractivity contribution in [2.45, 2.75) is 31.9 Å². The minimum atomic E-state index is -4.57. The minimum absolute atomic E-state index is 0.0182. The Morgan fingerprint density at radius 1 is 1.26 bits per heavy atom. The largest absolute Gasteiger partial charge is 0.494 e. The molecule has 0 radical (unpaired) electrons. The van der Waals surface area contributed by atoms with Crippen LogP contribution in [-0.2, 0) is 24.7 Å². The topological polar surface area (TPSA) is 107 Å². The van der Waals surface area contributed by atoms with Crippen molar-refractivity contribution in [2.75, 3.05) is 12.4 Å². The Labute approximate surface area is 192 Å². The maximum absolute atomic E-state index is 13.4. The fourth-order valence-corrected chi connectivity index (χ4v) is 3.88. The highest BCUT2D eigenvalue weighted by Crippen LogP contribution is 2.42. The molecular formula is C22H20F3N7O2. The van der Waals surface area contributed by atoms with Crippen molar-refractivity contribution in [1.82, 2.24) is 25.2 Å². The zero-order valence-electron chi connectivity index (χ0n) is 18.3. The fourth-order valence-electron chi connectivity index (χ4n) is 3.88. The summed E-state index contributed by atoms with van der Waals surface area (Å²) in [5.74, 6) is 0.775. The number of alkyl halides is 3. The number of nitrogens with zero attached hydrogens (tertiary/aromatic N) is 6. The number of hydrogen-bond donors (Lipinski definition) is 1. The molecule has 176 valence electrons. The van der Waals surface area contributed by atoms with Crippen molar-refractivity contribution in [1.29, 1.82) is 0 Å². The molecule has 1 fully saturated rings. The van der Waals surface area contributed by atoms with Gasteiger partial charge in [-0.05, 0) is 36.3 Å². The average Bonchev–Trinajstić information content (AvgIpc) is 3.40. The second-order valence-corrected chi connectivity index (χ2v) is 8.22. The Hall–Kier alpha value is -3.83. The van der Waals surface area contributed by atoms with E-state index in [1.165, 1.54) is 11.9 Å². The molecule has 5 rings (SSSR count). The molecule has 1 N–H and O–H groups in total. The molecule has 9 nitrogen and oxygen atoms in total. The Morgan fingerprint density at radius 2 is 2.06 bits per heavy atom. The molecule has 0 amide bonds. The average molecular weight is 471 g/mol. The van der Waals surface area contributed by atoms with E-state index >= 15 is 0 Å². The van der Waals surface area contributed by atoms with Crippen LogP contribution in [0.5, 0.6) is 5.75 Å². The van der Waals surface area contributed by atoms with Crippen LogP contribution in [0.1, 0.15) is 24.2 Å². The molecule has 3 heterocycles. The number of halogens is 3. The van der Waals surface area contributed by atoms with Crippen molar-refractivity contribution in [3.8, 4) is 17.1 Å². The van der Waals surface area contributed by atoms with Crippen LogP contribution in [-0.4, -0.2) is 50.0 Å². The number of ether oxygens (including phenoxy) is 1. The summed E-state index contributed by atoms with van der Waals surface area (Å²) in [6.45, 7) is 0. The van der Waals surface area contributed by atoms with Gasteiger partial charge in [-0.1, -0.05) is 6.07 Å². The second kappa shape index (κ2) is 8.19. The molecule has 0 bridgehead atoms. The molecule has 1 aromatic carbocycles. The highest BCUT2D eigenvalue weighted by Gasteiger charge is 2.40. The number of para-hydroxylation sites is 1. The van der Waals surface area contributed by atoms with Crippen LogP contribution in [0.2, 0.25) is 0 Å². The van der Waals surface area contributed by atoms with Crippen LogP contribution in [0.15, 0.2) is 29.3 Å². The Bertz CT molecular complexity index is 1310. The summed E-state index contributed by atoms with van der Waals surface area (Å²) in [5, 5.41) is 15.2. The van der Waals surface area contributed by atoms with Gasteiger partial charge >= 0.3 is 6.18 Å². The van der Waals surface area contributed by atoms with Crippen LogP contribution >= 0.6 is 0 Å². The minimum Gasteiger partial charge on any atom is -0.494 e. The molecule has 2 aromatic heterocycles. The Morgan fingerprint density at radius 3 is 2.71 bits per heavy atom. The third-order valence-electron chi connectivity index (χ3n) is 5.65. The molecule has 0 unspecified atom stereocenters. The molecule has 3 aromatic rings. The first-order valence-electron chi connectivity index (χ1n) is 10.6. The van der Waals surface area contributed by atoms with Gasteiger partial charge in [0.25, 0.3) is 0 Å². The summed E-state index contributed by atoms with van der Waals surface area (Å²) in [6.07, 6.45) is -3.27. The van der Waals surface area contributed by atoms with Crippen LogP contribution in [0.4, 0.5) is 30.2 Å². The zero-order valence-corrected chi connectivity index (χ0v) is 18.3. The third-order valence-corrected chi connectivity index (χ3v) is 5.65. The normalized spacial score (nSPS) is 15.1. The number of hydrogen-bond acceptors (Lipinski definition) is 8. The monoisotopic (exact) mass is 471 g/mol. The lowest BCUT2D eigenvalue weighted by Gasteiger charge is -2.16. The maximum Gasteiger partial charge on any atom is 0.429 e. The summed E-state index contributed by atoms with van der Waals surface area (Å²) in [7, 11) is 3.10. The highest BCUT2D eigenvalue weighted by atomic mass is 19.4. The van der Waals surface area contributed by atoms with Crippen molar-refractivity contribution in [2.24, 2.45) is 18.0 Å². The SMILES string of the molecule is COc1c(Nc2cc(CC(=O)C3CC3)nc3c2N=C(C(F)(F)F)C3)cccc1-c1nnn(C)n1. The summed E-state index contributed by atoms with van der Waals surface area (Å²) in [4.78, 5) is 21.8. The lowest BCUT2D eigenvalue weighted by molar-refractivity contribution is -0.119. The van der Waals surface area contributed by atoms with Crippen molar-refractivity contribution in [3.05, 3.63) is 35.7 Å². The van der Waals surface area contributed by atoms with E-state index in [2.05, 4.69) is 30.7 Å². The molecule has 34 heavy (non-hydrogen) atoms. The van der Waals surface area contributed by atoms with Gasteiger partial charge < -0.3 is 10.1 Å². The van der Waals surface area contributed by atoms with Gasteiger partial charge in [0, 0.05) is 18.8 Å². The lowest BCUT2D eigenvalue weighted by Crippen LogP contribution is -2.22. The summed E-state index contributed by atoms with van der Waals surface area (Å²) in [5.41, 5.74) is 1.09. The number of nitrogens with one attached hydrogen (secondary N) is 1. The smallest absolute Gasteiger partial charge is 0.429 e. The number of tetrazole rings is 1. The van der Waals surface area contributed by atoms with Gasteiger partial charge in [0.15, 0.2) is 5.75 Å². The predicted octanol–water partition coefficient (Wildman–Crippen LogP) is 3.74. The number of benzene rings is 1. The number of pyridine rings is 1. The number of aliphatic imine (C=N–C) groups is 1. The molecule has 0 atom stereocenters. The number of carbonyl (C=O) groups is 1.